The molecule has 0 aromatic heterocycles. The topological polar surface area (TPSA) is 98.7 Å². The number of carbonyl (C=O) groups is 2. The zero-order chi connectivity index (χ0) is 11.8. The van der Waals surface area contributed by atoms with E-state index in [1.54, 1.807) is 6.08 Å². The molecule has 0 bridgehead atoms. The Morgan fingerprint density at radius 3 is 2.40 bits per heavy atom. The maximum atomic E-state index is 11.1. The van der Waals surface area contributed by atoms with E-state index in [9.17, 15) is 9.59 Å². The molecule has 0 rings (SSSR count). The number of urea groups is 1. The van der Waals surface area contributed by atoms with Crippen LogP contribution in [0.4, 0.5) is 4.79 Å². The van der Waals surface area contributed by atoms with Gasteiger partial charge in [-0.3, -0.25) is 0 Å². The molecule has 0 aromatic carbocycles. The van der Waals surface area contributed by atoms with Crippen LogP contribution < -0.4 is 10.6 Å². The summed E-state index contributed by atoms with van der Waals surface area (Å²) in [5.41, 5.74) is 1.05. The summed E-state index contributed by atoms with van der Waals surface area (Å²) in [4.78, 5) is 21.5. The highest BCUT2D eigenvalue weighted by Gasteiger charge is 2.17. The number of allylic oxidation sites excluding steroid dienone is 1. The van der Waals surface area contributed by atoms with Crippen molar-refractivity contribution in [2.24, 2.45) is 0 Å². The first kappa shape index (κ1) is 13.4. The zero-order valence-corrected chi connectivity index (χ0v) is 8.78. The Hall–Kier alpha value is -1.56. The van der Waals surface area contributed by atoms with E-state index in [1.807, 2.05) is 13.8 Å². The summed E-state index contributed by atoms with van der Waals surface area (Å²) in [5, 5.41) is 21.7. The quantitative estimate of drug-likeness (QED) is 0.474. The van der Waals surface area contributed by atoms with Crippen LogP contribution in [0.25, 0.3) is 0 Å². The second-order valence-electron chi connectivity index (χ2n) is 3.21. The van der Waals surface area contributed by atoms with E-state index >= 15 is 0 Å². The van der Waals surface area contributed by atoms with E-state index in [4.69, 9.17) is 10.2 Å². The lowest BCUT2D eigenvalue weighted by Crippen LogP contribution is -2.47. The van der Waals surface area contributed by atoms with Gasteiger partial charge in [-0.2, -0.15) is 0 Å². The fraction of sp³-hybridized carbons (Fsp3) is 0.556. The number of aliphatic hydroxyl groups excluding tert-OH is 1. The largest absolute Gasteiger partial charge is 0.480 e. The third kappa shape index (κ3) is 6.50. The highest BCUT2D eigenvalue weighted by Crippen LogP contribution is 1.86. The highest BCUT2D eigenvalue weighted by molar-refractivity contribution is 5.82. The number of carbonyl (C=O) groups excluding carboxylic acids is 1. The lowest BCUT2D eigenvalue weighted by molar-refractivity contribution is -0.140. The van der Waals surface area contributed by atoms with Crippen molar-refractivity contribution in [1.29, 1.82) is 0 Å². The first-order valence-corrected chi connectivity index (χ1v) is 4.48. The molecule has 0 saturated carbocycles. The summed E-state index contributed by atoms with van der Waals surface area (Å²) < 4.78 is 0. The van der Waals surface area contributed by atoms with E-state index in [0.717, 1.165) is 5.57 Å². The molecule has 86 valence electrons. The average molecular weight is 216 g/mol. The van der Waals surface area contributed by atoms with Gasteiger partial charge in [0.1, 0.15) is 0 Å². The van der Waals surface area contributed by atoms with Crippen LogP contribution in [0.3, 0.4) is 0 Å². The number of aliphatic carboxylic acids is 1. The number of carboxylic acids is 1. The molecule has 6 heteroatoms. The van der Waals surface area contributed by atoms with Crippen LogP contribution in [0, 0.1) is 0 Å². The van der Waals surface area contributed by atoms with Gasteiger partial charge in [0.25, 0.3) is 0 Å². The van der Waals surface area contributed by atoms with Gasteiger partial charge in [-0.05, 0) is 13.8 Å². The molecule has 0 heterocycles. The number of rotatable bonds is 5. The number of hydrogen-bond donors (Lipinski definition) is 4. The Morgan fingerprint density at radius 2 is 2.00 bits per heavy atom. The van der Waals surface area contributed by atoms with Crippen molar-refractivity contribution < 1.29 is 19.8 Å². The van der Waals surface area contributed by atoms with Crippen molar-refractivity contribution in [2.75, 3.05) is 13.2 Å². The Labute approximate surface area is 88.0 Å². The standard InChI is InChI=1S/C9H16N2O4/c1-6(2)3-4-10-9(15)11-7(5-12)8(13)14/h3,7,12H,4-5H2,1-2H3,(H,13,14)(H2,10,11,15)/t7-/m0/s1. The SMILES string of the molecule is CC(C)=CCNC(=O)N[C@@H](CO)C(=O)O. The number of aliphatic hydroxyl groups is 1. The van der Waals surface area contributed by atoms with Gasteiger partial charge in [-0.25, -0.2) is 9.59 Å². The van der Waals surface area contributed by atoms with Gasteiger partial charge in [0.05, 0.1) is 6.61 Å². The minimum atomic E-state index is -1.27. The molecule has 0 aliphatic rings. The van der Waals surface area contributed by atoms with Gasteiger partial charge in [-0.1, -0.05) is 11.6 Å². The molecule has 0 fully saturated rings. The number of hydrogen-bond acceptors (Lipinski definition) is 3. The molecule has 1 atom stereocenters. The summed E-state index contributed by atoms with van der Waals surface area (Å²) in [7, 11) is 0. The number of carboxylic acid groups (broad SMARTS) is 1. The summed E-state index contributed by atoms with van der Waals surface area (Å²) in [6.07, 6.45) is 1.79. The minimum absolute atomic E-state index is 0.325. The Kier molecular flexibility index (Phi) is 6.12. The molecule has 0 aromatic rings. The molecular formula is C9H16N2O4. The maximum Gasteiger partial charge on any atom is 0.328 e. The van der Waals surface area contributed by atoms with E-state index in [0.29, 0.717) is 6.54 Å². The first-order valence-electron chi connectivity index (χ1n) is 4.48. The molecule has 0 saturated heterocycles. The molecule has 6 nitrogen and oxygen atoms in total. The van der Waals surface area contributed by atoms with Crippen molar-refractivity contribution in [3.05, 3.63) is 11.6 Å². The van der Waals surface area contributed by atoms with E-state index < -0.39 is 24.6 Å². The van der Waals surface area contributed by atoms with Crippen LogP contribution in [0.2, 0.25) is 0 Å². The monoisotopic (exact) mass is 216 g/mol. The average Bonchev–Trinajstić information content (AvgIpc) is 2.13. The smallest absolute Gasteiger partial charge is 0.328 e. The molecule has 4 N–H and O–H groups in total. The second kappa shape index (κ2) is 6.83. The maximum absolute atomic E-state index is 11.1. The van der Waals surface area contributed by atoms with Crippen molar-refractivity contribution in [3.8, 4) is 0 Å². The van der Waals surface area contributed by atoms with Crippen LogP contribution in [0.5, 0.6) is 0 Å². The fourth-order valence-electron chi connectivity index (χ4n) is 0.743. The molecule has 2 amide bonds. The van der Waals surface area contributed by atoms with Crippen molar-refractivity contribution in [3.63, 3.8) is 0 Å². The Bertz CT molecular complexity index is 259. The molecular weight excluding hydrogens is 200 g/mol. The Morgan fingerprint density at radius 1 is 1.40 bits per heavy atom. The molecule has 0 spiro atoms. The Balaban J connectivity index is 3.92. The molecule has 0 radical (unpaired) electrons. The fourth-order valence-corrected chi connectivity index (χ4v) is 0.743. The summed E-state index contributed by atoms with van der Waals surface area (Å²) >= 11 is 0. The van der Waals surface area contributed by atoms with E-state index in [2.05, 4.69) is 10.6 Å². The zero-order valence-electron chi connectivity index (χ0n) is 8.78. The number of nitrogens with one attached hydrogen (secondary N) is 2. The highest BCUT2D eigenvalue weighted by atomic mass is 16.4. The van der Waals surface area contributed by atoms with Crippen molar-refractivity contribution in [1.82, 2.24) is 10.6 Å². The van der Waals surface area contributed by atoms with Gasteiger partial charge in [0.2, 0.25) is 0 Å². The molecule has 0 aliphatic carbocycles. The summed E-state index contributed by atoms with van der Waals surface area (Å²) in [5.74, 6) is -1.27. The van der Waals surface area contributed by atoms with Gasteiger partial charge in [-0.15, -0.1) is 0 Å². The lowest BCUT2D eigenvalue weighted by Gasteiger charge is -2.11. The third-order valence-electron chi connectivity index (χ3n) is 1.56. The number of amides is 2. The van der Waals surface area contributed by atoms with Gasteiger partial charge >= 0.3 is 12.0 Å². The second-order valence-corrected chi connectivity index (χ2v) is 3.21. The predicted octanol–water partition coefficient (Wildman–Crippen LogP) is -0.303. The molecule has 0 aliphatic heterocycles. The minimum Gasteiger partial charge on any atom is -0.480 e. The first-order chi connectivity index (χ1) is 6.97. The van der Waals surface area contributed by atoms with Gasteiger partial charge in [0.15, 0.2) is 6.04 Å². The third-order valence-corrected chi connectivity index (χ3v) is 1.56. The summed E-state index contributed by atoms with van der Waals surface area (Å²) in [6, 6.07) is -1.88. The van der Waals surface area contributed by atoms with Crippen molar-refractivity contribution >= 4 is 12.0 Å². The lowest BCUT2D eigenvalue weighted by atomic mass is 10.3. The van der Waals surface area contributed by atoms with Crippen LogP contribution in [-0.4, -0.2) is 41.4 Å². The molecule has 15 heavy (non-hydrogen) atoms. The summed E-state index contributed by atoms with van der Waals surface area (Å²) in [6.45, 7) is 3.46. The van der Waals surface area contributed by atoms with Crippen LogP contribution >= 0.6 is 0 Å². The van der Waals surface area contributed by atoms with Gasteiger partial charge < -0.3 is 20.8 Å². The van der Waals surface area contributed by atoms with Crippen LogP contribution in [-0.2, 0) is 4.79 Å². The van der Waals surface area contributed by atoms with E-state index in [1.165, 1.54) is 0 Å². The molecule has 0 unspecified atom stereocenters. The van der Waals surface area contributed by atoms with E-state index in [-0.39, 0.29) is 0 Å². The van der Waals surface area contributed by atoms with Gasteiger partial charge in [0, 0.05) is 6.54 Å². The normalized spacial score (nSPS) is 11.4. The van der Waals surface area contributed by atoms with Crippen LogP contribution in [0.15, 0.2) is 11.6 Å². The van der Waals surface area contributed by atoms with Crippen molar-refractivity contribution in [2.45, 2.75) is 19.9 Å². The van der Waals surface area contributed by atoms with Crippen LogP contribution in [0.1, 0.15) is 13.8 Å². The predicted molar refractivity (Wildman–Crippen MR) is 54.5 cm³/mol.